The summed E-state index contributed by atoms with van der Waals surface area (Å²) in [4.78, 5) is 11.1. The number of amides is 1. The average molecular weight is 404 g/mol. The molecule has 2 aromatic carbocycles. The minimum Gasteiger partial charge on any atom is -0.456 e. The molecule has 20 heavy (non-hydrogen) atoms. The van der Waals surface area contributed by atoms with Gasteiger partial charge in [-0.15, -0.1) is 0 Å². The van der Waals surface area contributed by atoms with Crippen LogP contribution >= 0.6 is 34.2 Å². The third kappa shape index (κ3) is 4.01. The number of carbonyl (C=O) groups is 1. The van der Waals surface area contributed by atoms with E-state index in [9.17, 15) is 4.79 Å². The van der Waals surface area contributed by atoms with Gasteiger partial charge in [-0.2, -0.15) is 0 Å². The van der Waals surface area contributed by atoms with Crippen molar-refractivity contribution in [3.05, 3.63) is 51.1 Å². The Kier molecular flexibility index (Phi) is 5.08. The van der Waals surface area contributed by atoms with Gasteiger partial charge in [-0.3, -0.25) is 5.32 Å². The van der Waals surface area contributed by atoms with E-state index in [4.69, 9.17) is 16.3 Å². The Morgan fingerprint density at radius 1 is 1.20 bits per heavy atom. The molecule has 0 fully saturated rings. The summed E-state index contributed by atoms with van der Waals surface area (Å²) in [5.41, 5.74) is 0.539. The van der Waals surface area contributed by atoms with Crippen LogP contribution in [0, 0.1) is 3.57 Å². The van der Waals surface area contributed by atoms with Crippen molar-refractivity contribution in [2.75, 3.05) is 12.4 Å². The lowest BCUT2D eigenvalue weighted by molar-refractivity contribution is 0.187. The van der Waals surface area contributed by atoms with Crippen molar-refractivity contribution in [1.29, 1.82) is 0 Å². The third-order valence-electron chi connectivity index (χ3n) is 2.41. The number of rotatable bonds is 3. The molecule has 0 aliphatic carbocycles. The molecule has 0 bridgehead atoms. The first-order valence-corrected chi connectivity index (χ1v) is 7.12. The van der Waals surface area contributed by atoms with E-state index in [1.165, 1.54) is 7.11 Å². The minimum atomic E-state index is -0.549. The van der Waals surface area contributed by atoms with Gasteiger partial charge in [0, 0.05) is 9.26 Å². The van der Waals surface area contributed by atoms with Crippen LogP contribution in [0.1, 0.15) is 0 Å². The predicted molar refractivity (Wildman–Crippen MR) is 86.7 cm³/mol. The Morgan fingerprint density at radius 3 is 2.50 bits per heavy atom. The number of nitrogens with one attached hydrogen (secondary N) is 1. The van der Waals surface area contributed by atoms with Crippen LogP contribution in [0.5, 0.6) is 11.5 Å². The summed E-state index contributed by atoms with van der Waals surface area (Å²) in [5, 5.41) is 2.93. The van der Waals surface area contributed by atoms with Crippen LogP contribution in [0.25, 0.3) is 0 Å². The van der Waals surface area contributed by atoms with E-state index in [-0.39, 0.29) is 0 Å². The largest absolute Gasteiger partial charge is 0.456 e. The van der Waals surface area contributed by atoms with Gasteiger partial charge in [0.2, 0.25) is 0 Å². The summed E-state index contributed by atoms with van der Waals surface area (Å²) in [7, 11) is 1.30. The van der Waals surface area contributed by atoms with Crippen molar-refractivity contribution in [1.82, 2.24) is 0 Å². The number of benzene rings is 2. The number of hydrogen-bond donors (Lipinski definition) is 1. The lowest BCUT2D eigenvalue weighted by atomic mass is 10.3. The van der Waals surface area contributed by atoms with Crippen LogP contribution in [-0.2, 0) is 4.74 Å². The normalized spacial score (nSPS) is 9.95. The van der Waals surface area contributed by atoms with Gasteiger partial charge in [-0.1, -0.05) is 11.6 Å². The van der Waals surface area contributed by atoms with Gasteiger partial charge in [0.15, 0.2) is 0 Å². The van der Waals surface area contributed by atoms with E-state index < -0.39 is 6.09 Å². The predicted octanol–water partition coefficient (Wildman–Crippen LogP) is 4.92. The van der Waals surface area contributed by atoms with Crippen LogP contribution in [0.3, 0.4) is 0 Å². The van der Waals surface area contributed by atoms with Crippen molar-refractivity contribution in [2.24, 2.45) is 0 Å². The zero-order valence-corrected chi connectivity index (χ0v) is 13.4. The quantitative estimate of drug-likeness (QED) is 0.740. The second kappa shape index (κ2) is 6.81. The zero-order valence-electron chi connectivity index (χ0n) is 10.5. The Labute approximate surface area is 135 Å². The molecule has 2 rings (SSSR count). The van der Waals surface area contributed by atoms with Gasteiger partial charge in [0.1, 0.15) is 11.5 Å². The highest BCUT2D eigenvalue weighted by Gasteiger charge is 2.07. The molecule has 2 aromatic rings. The number of methoxy groups -OCH3 is 1. The number of anilines is 1. The Hall–Kier alpha value is -1.47. The maximum absolute atomic E-state index is 11.1. The molecule has 0 saturated carbocycles. The fourth-order valence-electron chi connectivity index (χ4n) is 1.46. The fourth-order valence-corrected chi connectivity index (χ4v) is 2.04. The molecule has 0 radical (unpaired) electrons. The summed E-state index contributed by atoms with van der Waals surface area (Å²) in [6.45, 7) is 0. The zero-order chi connectivity index (χ0) is 14.5. The highest BCUT2D eigenvalue weighted by Crippen LogP contribution is 2.31. The van der Waals surface area contributed by atoms with E-state index in [1.54, 1.807) is 18.2 Å². The number of carbonyl (C=O) groups excluding carboxylic acids is 1. The summed E-state index contributed by atoms with van der Waals surface area (Å²) >= 11 is 8.34. The topological polar surface area (TPSA) is 47.6 Å². The fraction of sp³-hybridized carbons (Fsp3) is 0.0714. The number of hydrogen-bond acceptors (Lipinski definition) is 3. The molecule has 1 N–H and O–H groups in total. The SMILES string of the molecule is COC(=O)Nc1ccc(Oc2ccc(I)cc2)c(Cl)c1. The van der Waals surface area contributed by atoms with Gasteiger partial charge < -0.3 is 9.47 Å². The van der Waals surface area contributed by atoms with Crippen LogP contribution in [0.2, 0.25) is 5.02 Å². The molecule has 4 nitrogen and oxygen atoms in total. The molecule has 104 valence electrons. The average Bonchev–Trinajstić information content (AvgIpc) is 2.44. The summed E-state index contributed by atoms with van der Waals surface area (Å²) in [6, 6.07) is 12.6. The van der Waals surface area contributed by atoms with Gasteiger partial charge in [-0.05, 0) is 65.1 Å². The molecule has 0 saturated heterocycles. The highest BCUT2D eigenvalue weighted by molar-refractivity contribution is 14.1. The molecule has 0 atom stereocenters. The second-order valence-corrected chi connectivity index (χ2v) is 5.47. The van der Waals surface area contributed by atoms with Gasteiger partial charge in [-0.25, -0.2) is 4.79 Å². The first kappa shape index (κ1) is 14.9. The molecule has 0 aliphatic heterocycles. The molecule has 0 aromatic heterocycles. The second-order valence-electron chi connectivity index (χ2n) is 3.82. The number of halogens is 2. The highest BCUT2D eigenvalue weighted by atomic mass is 127. The molecule has 6 heteroatoms. The summed E-state index contributed by atoms with van der Waals surface area (Å²) in [5.74, 6) is 1.21. The van der Waals surface area contributed by atoms with Crippen LogP contribution in [0.4, 0.5) is 10.5 Å². The number of ether oxygens (including phenoxy) is 2. The lowest BCUT2D eigenvalue weighted by Crippen LogP contribution is -2.10. The van der Waals surface area contributed by atoms with E-state index in [0.717, 1.165) is 3.57 Å². The minimum absolute atomic E-state index is 0.400. The third-order valence-corrected chi connectivity index (χ3v) is 3.42. The maximum Gasteiger partial charge on any atom is 0.411 e. The van der Waals surface area contributed by atoms with Crippen LogP contribution in [-0.4, -0.2) is 13.2 Å². The Morgan fingerprint density at radius 2 is 1.90 bits per heavy atom. The Balaban J connectivity index is 2.13. The van der Waals surface area contributed by atoms with Crippen molar-refractivity contribution < 1.29 is 14.3 Å². The van der Waals surface area contributed by atoms with Gasteiger partial charge in [0.05, 0.1) is 12.1 Å². The summed E-state index contributed by atoms with van der Waals surface area (Å²) in [6.07, 6.45) is -0.549. The molecule has 0 unspecified atom stereocenters. The Bertz CT molecular complexity index is 616. The lowest BCUT2D eigenvalue weighted by Gasteiger charge is -2.09. The molecule has 0 spiro atoms. The monoisotopic (exact) mass is 403 g/mol. The summed E-state index contributed by atoms with van der Waals surface area (Å²) < 4.78 is 11.3. The molecular weight excluding hydrogens is 393 g/mol. The smallest absolute Gasteiger partial charge is 0.411 e. The maximum atomic E-state index is 11.1. The van der Waals surface area contributed by atoms with Gasteiger partial charge >= 0.3 is 6.09 Å². The van der Waals surface area contributed by atoms with Crippen LogP contribution < -0.4 is 10.1 Å². The molecule has 1 amide bonds. The van der Waals surface area contributed by atoms with Crippen molar-refractivity contribution in [2.45, 2.75) is 0 Å². The van der Waals surface area contributed by atoms with Gasteiger partial charge in [0.25, 0.3) is 0 Å². The first-order chi connectivity index (χ1) is 9.58. The molecule has 0 heterocycles. The van der Waals surface area contributed by atoms with E-state index >= 15 is 0 Å². The van der Waals surface area contributed by atoms with Crippen molar-refractivity contribution in [3.8, 4) is 11.5 Å². The molecular formula is C14H11ClINO3. The van der Waals surface area contributed by atoms with Crippen molar-refractivity contribution >= 4 is 46.0 Å². The molecule has 0 aliphatic rings. The van der Waals surface area contributed by atoms with E-state index in [2.05, 4.69) is 32.6 Å². The standard InChI is InChI=1S/C14H11ClINO3/c1-19-14(18)17-10-4-7-13(12(15)8-10)20-11-5-2-9(16)3-6-11/h2-8H,1H3,(H,17,18). The van der Waals surface area contributed by atoms with E-state index in [1.807, 2.05) is 24.3 Å². The van der Waals surface area contributed by atoms with Crippen molar-refractivity contribution in [3.63, 3.8) is 0 Å². The van der Waals surface area contributed by atoms with Crippen LogP contribution in [0.15, 0.2) is 42.5 Å². The first-order valence-electron chi connectivity index (χ1n) is 5.66. The van der Waals surface area contributed by atoms with E-state index in [0.29, 0.717) is 22.2 Å².